The first-order valence-electron chi connectivity index (χ1n) is 5.89. The summed E-state index contributed by atoms with van der Waals surface area (Å²) in [5, 5.41) is 3.29. The number of nitrogens with zero attached hydrogens (tertiary/aromatic N) is 2. The van der Waals surface area contributed by atoms with E-state index in [2.05, 4.69) is 36.1 Å². The van der Waals surface area contributed by atoms with E-state index in [1.54, 1.807) is 12.3 Å². The normalized spacial score (nSPS) is 14.2. The minimum Gasteiger partial charge on any atom is -0.478 e. The maximum Gasteiger partial charge on any atom is 0.226 e. The van der Waals surface area contributed by atoms with Gasteiger partial charge in [-0.2, -0.15) is 4.98 Å². The third-order valence-corrected chi connectivity index (χ3v) is 2.78. The van der Waals surface area contributed by atoms with E-state index in [0.717, 1.165) is 6.42 Å². The summed E-state index contributed by atoms with van der Waals surface area (Å²) in [7, 11) is 0. The van der Waals surface area contributed by atoms with Gasteiger partial charge in [0.2, 0.25) is 11.8 Å². The lowest BCUT2D eigenvalue weighted by Crippen LogP contribution is -2.24. The van der Waals surface area contributed by atoms with Crippen molar-refractivity contribution in [3.05, 3.63) is 12.3 Å². The predicted octanol–water partition coefficient (Wildman–Crippen LogP) is 2.72. The van der Waals surface area contributed by atoms with Crippen LogP contribution in [-0.4, -0.2) is 22.6 Å². The van der Waals surface area contributed by atoms with Gasteiger partial charge in [0.15, 0.2) is 0 Å². The van der Waals surface area contributed by atoms with Crippen LogP contribution in [0.5, 0.6) is 5.88 Å². The van der Waals surface area contributed by atoms with Gasteiger partial charge in [0, 0.05) is 18.3 Å². The van der Waals surface area contributed by atoms with Gasteiger partial charge in [-0.05, 0) is 19.8 Å². The summed E-state index contributed by atoms with van der Waals surface area (Å²) in [6.07, 6.45) is 2.85. The van der Waals surface area contributed by atoms with E-state index in [1.807, 2.05) is 6.92 Å². The van der Waals surface area contributed by atoms with Crippen LogP contribution in [0, 0.1) is 5.92 Å². The Balaban J connectivity index is 2.62. The molecular formula is C12H21N3O. The highest BCUT2D eigenvalue weighted by atomic mass is 16.5. The molecule has 0 radical (unpaired) electrons. The summed E-state index contributed by atoms with van der Waals surface area (Å²) < 4.78 is 5.32. The third kappa shape index (κ3) is 3.68. The van der Waals surface area contributed by atoms with Gasteiger partial charge in [0.05, 0.1) is 6.61 Å². The molecule has 4 heteroatoms. The number of aromatic nitrogens is 2. The fraction of sp³-hybridized carbons (Fsp3) is 0.667. The summed E-state index contributed by atoms with van der Waals surface area (Å²) in [5.41, 5.74) is 0. The van der Waals surface area contributed by atoms with Gasteiger partial charge in [-0.25, -0.2) is 4.98 Å². The van der Waals surface area contributed by atoms with E-state index in [0.29, 0.717) is 30.4 Å². The van der Waals surface area contributed by atoms with E-state index in [4.69, 9.17) is 4.74 Å². The van der Waals surface area contributed by atoms with Gasteiger partial charge < -0.3 is 10.1 Å². The Morgan fingerprint density at radius 1 is 1.38 bits per heavy atom. The maximum absolute atomic E-state index is 5.32. The molecule has 0 saturated carbocycles. The van der Waals surface area contributed by atoms with Crippen LogP contribution in [0.3, 0.4) is 0 Å². The molecule has 0 fully saturated rings. The summed E-state index contributed by atoms with van der Waals surface area (Å²) in [4.78, 5) is 8.45. The molecule has 2 atom stereocenters. The van der Waals surface area contributed by atoms with E-state index in [9.17, 15) is 0 Å². The minimum atomic E-state index is 0.363. The van der Waals surface area contributed by atoms with Crippen LogP contribution in [0.25, 0.3) is 0 Å². The zero-order valence-corrected chi connectivity index (χ0v) is 10.5. The van der Waals surface area contributed by atoms with E-state index >= 15 is 0 Å². The number of rotatable bonds is 6. The van der Waals surface area contributed by atoms with Crippen LogP contribution in [0.4, 0.5) is 5.95 Å². The molecule has 16 heavy (non-hydrogen) atoms. The zero-order valence-electron chi connectivity index (χ0n) is 10.5. The van der Waals surface area contributed by atoms with Crippen molar-refractivity contribution in [3.8, 4) is 5.88 Å². The smallest absolute Gasteiger partial charge is 0.226 e. The van der Waals surface area contributed by atoms with Crippen LogP contribution in [-0.2, 0) is 0 Å². The fourth-order valence-corrected chi connectivity index (χ4v) is 1.34. The number of anilines is 1. The van der Waals surface area contributed by atoms with Crippen LogP contribution in [0.1, 0.15) is 34.1 Å². The quantitative estimate of drug-likeness (QED) is 0.805. The molecule has 1 rings (SSSR count). The molecule has 0 saturated heterocycles. The number of ether oxygens (including phenoxy) is 1. The van der Waals surface area contributed by atoms with Crippen LogP contribution in [0.2, 0.25) is 0 Å². The monoisotopic (exact) mass is 223 g/mol. The lowest BCUT2D eigenvalue weighted by Gasteiger charge is -2.19. The summed E-state index contributed by atoms with van der Waals surface area (Å²) >= 11 is 0. The minimum absolute atomic E-state index is 0.363. The average molecular weight is 223 g/mol. The molecule has 90 valence electrons. The van der Waals surface area contributed by atoms with Crippen molar-refractivity contribution >= 4 is 5.95 Å². The summed E-state index contributed by atoms with van der Waals surface area (Å²) in [6, 6.07) is 2.13. The Labute approximate surface area is 97.5 Å². The molecule has 1 heterocycles. The average Bonchev–Trinajstić information content (AvgIpc) is 2.29. The van der Waals surface area contributed by atoms with Gasteiger partial charge in [0.25, 0.3) is 0 Å². The van der Waals surface area contributed by atoms with Crippen LogP contribution in [0.15, 0.2) is 12.3 Å². The summed E-state index contributed by atoms with van der Waals surface area (Å²) in [5.74, 6) is 1.86. The second-order valence-electron chi connectivity index (χ2n) is 3.97. The first-order valence-corrected chi connectivity index (χ1v) is 5.89. The first kappa shape index (κ1) is 12.7. The van der Waals surface area contributed by atoms with E-state index in [1.165, 1.54) is 0 Å². The number of hydrogen-bond acceptors (Lipinski definition) is 4. The van der Waals surface area contributed by atoms with Crippen molar-refractivity contribution in [2.24, 2.45) is 5.92 Å². The fourth-order valence-electron chi connectivity index (χ4n) is 1.34. The molecule has 1 aromatic rings. The van der Waals surface area contributed by atoms with Crippen LogP contribution >= 0.6 is 0 Å². The number of hydrogen-bond donors (Lipinski definition) is 1. The highest BCUT2D eigenvalue weighted by molar-refractivity contribution is 5.28. The second kappa shape index (κ2) is 6.30. The first-order chi connectivity index (χ1) is 7.67. The van der Waals surface area contributed by atoms with E-state index < -0.39 is 0 Å². The van der Waals surface area contributed by atoms with E-state index in [-0.39, 0.29) is 0 Å². The van der Waals surface area contributed by atoms with Gasteiger partial charge in [-0.1, -0.05) is 20.3 Å². The lowest BCUT2D eigenvalue weighted by atomic mass is 10.0. The Hall–Kier alpha value is -1.32. The largest absolute Gasteiger partial charge is 0.478 e. The molecular weight excluding hydrogens is 202 g/mol. The van der Waals surface area contributed by atoms with Crippen molar-refractivity contribution in [1.82, 2.24) is 9.97 Å². The molecule has 0 aliphatic carbocycles. The lowest BCUT2D eigenvalue weighted by molar-refractivity contribution is 0.326. The molecule has 0 amide bonds. The van der Waals surface area contributed by atoms with Gasteiger partial charge in [0.1, 0.15) is 0 Å². The molecule has 0 aromatic carbocycles. The van der Waals surface area contributed by atoms with Crippen molar-refractivity contribution in [2.45, 2.75) is 40.2 Å². The SMILES string of the molecule is CCOc1ccnc(NC(C)C(C)CC)n1. The van der Waals surface area contributed by atoms with Gasteiger partial charge in [-0.15, -0.1) is 0 Å². The molecule has 4 nitrogen and oxygen atoms in total. The topological polar surface area (TPSA) is 47.0 Å². The molecule has 0 aliphatic rings. The second-order valence-corrected chi connectivity index (χ2v) is 3.97. The van der Waals surface area contributed by atoms with Crippen molar-refractivity contribution in [2.75, 3.05) is 11.9 Å². The Bertz CT molecular complexity index is 317. The van der Waals surface area contributed by atoms with Crippen molar-refractivity contribution in [1.29, 1.82) is 0 Å². The molecule has 0 spiro atoms. The molecule has 0 aliphatic heterocycles. The summed E-state index contributed by atoms with van der Waals surface area (Å²) in [6.45, 7) is 9.10. The molecule has 1 aromatic heterocycles. The van der Waals surface area contributed by atoms with Crippen molar-refractivity contribution in [3.63, 3.8) is 0 Å². The standard InChI is InChI=1S/C12H21N3O/c1-5-9(3)10(4)14-12-13-8-7-11(15-12)16-6-2/h7-10H,5-6H2,1-4H3,(H,13,14,15). The zero-order chi connectivity index (χ0) is 12.0. The number of nitrogens with one attached hydrogen (secondary N) is 1. The highest BCUT2D eigenvalue weighted by Gasteiger charge is 2.11. The Morgan fingerprint density at radius 3 is 2.75 bits per heavy atom. The molecule has 0 bridgehead atoms. The predicted molar refractivity (Wildman–Crippen MR) is 65.7 cm³/mol. The Morgan fingerprint density at radius 2 is 2.12 bits per heavy atom. The van der Waals surface area contributed by atoms with Crippen LogP contribution < -0.4 is 10.1 Å². The highest BCUT2D eigenvalue weighted by Crippen LogP contribution is 2.13. The van der Waals surface area contributed by atoms with Crippen molar-refractivity contribution < 1.29 is 4.74 Å². The Kier molecular flexibility index (Phi) is 5.02. The van der Waals surface area contributed by atoms with Gasteiger partial charge >= 0.3 is 0 Å². The molecule has 1 N–H and O–H groups in total. The molecule has 2 unspecified atom stereocenters. The maximum atomic E-state index is 5.32. The van der Waals surface area contributed by atoms with Gasteiger partial charge in [-0.3, -0.25) is 0 Å². The third-order valence-electron chi connectivity index (χ3n) is 2.78.